The number of hydrogen-bond acceptors (Lipinski definition) is 5. The molecule has 1 aromatic rings. The molecule has 8 heteroatoms. The van der Waals surface area contributed by atoms with Crippen LogP contribution in [0.4, 0.5) is 11.4 Å². The van der Waals surface area contributed by atoms with Gasteiger partial charge in [0, 0.05) is 53.7 Å². The van der Waals surface area contributed by atoms with E-state index in [2.05, 4.69) is 10.6 Å². The Hall–Kier alpha value is -1.96. The monoisotopic (exact) mass is 313 g/mol. The van der Waals surface area contributed by atoms with Gasteiger partial charge in [-0.2, -0.15) is 0 Å². The van der Waals surface area contributed by atoms with Crippen molar-refractivity contribution in [1.29, 1.82) is 0 Å². The SMILES string of the molecule is CNc1ccc([N+](=O)[O-])cc1C(=O)NC(C)CCS(C)=O. The van der Waals surface area contributed by atoms with E-state index in [1.807, 2.05) is 0 Å². The minimum absolute atomic E-state index is 0.138. The number of non-ortho nitro benzene ring substituents is 1. The van der Waals surface area contributed by atoms with Gasteiger partial charge in [0.25, 0.3) is 11.6 Å². The molecule has 2 unspecified atom stereocenters. The summed E-state index contributed by atoms with van der Waals surface area (Å²) in [5.41, 5.74) is 0.599. The number of nitro benzene ring substituents is 1. The van der Waals surface area contributed by atoms with Gasteiger partial charge in [0.15, 0.2) is 0 Å². The van der Waals surface area contributed by atoms with E-state index in [-0.39, 0.29) is 17.3 Å². The van der Waals surface area contributed by atoms with Crippen molar-refractivity contribution in [3.63, 3.8) is 0 Å². The molecule has 0 saturated carbocycles. The molecule has 0 fully saturated rings. The van der Waals surface area contributed by atoms with E-state index in [1.165, 1.54) is 18.2 Å². The summed E-state index contributed by atoms with van der Waals surface area (Å²) in [6, 6.07) is 3.92. The van der Waals surface area contributed by atoms with Crippen LogP contribution in [0.5, 0.6) is 0 Å². The minimum Gasteiger partial charge on any atom is -0.387 e. The Balaban J connectivity index is 2.87. The normalized spacial score (nSPS) is 13.3. The summed E-state index contributed by atoms with van der Waals surface area (Å²) in [6.45, 7) is 1.81. The van der Waals surface area contributed by atoms with Gasteiger partial charge < -0.3 is 10.6 Å². The molecule has 0 aliphatic heterocycles. The van der Waals surface area contributed by atoms with Crippen molar-refractivity contribution in [1.82, 2.24) is 5.32 Å². The average Bonchev–Trinajstić information content (AvgIpc) is 2.44. The Morgan fingerprint density at radius 2 is 2.14 bits per heavy atom. The van der Waals surface area contributed by atoms with Crippen LogP contribution in [0.3, 0.4) is 0 Å². The van der Waals surface area contributed by atoms with Crippen LogP contribution in [0.2, 0.25) is 0 Å². The fraction of sp³-hybridized carbons (Fsp3) is 0.462. The summed E-state index contributed by atoms with van der Waals surface area (Å²) in [7, 11) is 0.726. The van der Waals surface area contributed by atoms with Crippen LogP contribution < -0.4 is 10.6 Å². The number of nitrogens with zero attached hydrogens (tertiary/aromatic N) is 1. The minimum atomic E-state index is -0.914. The van der Waals surface area contributed by atoms with Crippen LogP contribution >= 0.6 is 0 Å². The smallest absolute Gasteiger partial charge is 0.270 e. The molecule has 0 spiro atoms. The van der Waals surface area contributed by atoms with E-state index in [0.717, 1.165) is 0 Å². The second kappa shape index (κ2) is 7.72. The zero-order valence-electron chi connectivity index (χ0n) is 12.2. The van der Waals surface area contributed by atoms with Gasteiger partial charge in [-0.1, -0.05) is 0 Å². The molecule has 21 heavy (non-hydrogen) atoms. The van der Waals surface area contributed by atoms with Crippen LogP contribution in [-0.4, -0.2) is 40.1 Å². The molecule has 1 aromatic carbocycles. The predicted octanol–water partition coefficient (Wildman–Crippen LogP) is 1.52. The zero-order valence-corrected chi connectivity index (χ0v) is 13.0. The van der Waals surface area contributed by atoms with Gasteiger partial charge in [-0.25, -0.2) is 0 Å². The Morgan fingerprint density at radius 1 is 1.48 bits per heavy atom. The van der Waals surface area contributed by atoms with E-state index < -0.39 is 21.6 Å². The first kappa shape index (κ1) is 17.1. The van der Waals surface area contributed by atoms with Crippen molar-refractivity contribution in [2.45, 2.75) is 19.4 Å². The number of nitrogens with one attached hydrogen (secondary N) is 2. The summed E-state index contributed by atoms with van der Waals surface area (Å²) in [5.74, 6) is 0.104. The van der Waals surface area contributed by atoms with Crippen LogP contribution in [0, 0.1) is 10.1 Å². The van der Waals surface area contributed by atoms with Crippen molar-refractivity contribution in [2.75, 3.05) is 24.4 Å². The molecule has 116 valence electrons. The summed E-state index contributed by atoms with van der Waals surface area (Å²) < 4.78 is 11.0. The molecule has 0 saturated heterocycles. The Labute approximate surface area is 125 Å². The average molecular weight is 313 g/mol. The molecule has 0 aliphatic carbocycles. The van der Waals surface area contributed by atoms with E-state index in [4.69, 9.17) is 0 Å². The van der Waals surface area contributed by atoms with Crippen LogP contribution in [0.15, 0.2) is 18.2 Å². The number of anilines is 1. The lowest BCUT2D eigenvalue weighted by atomic mass is 10.1. The molecule has 0 aliphatic rings. The maximum Gasteiger partial charge on any atom is 0.270 e. The summed E-state index contributed by atoms with van der Waals surface area (Å²) in [4.78, 5) is 22.5. The van der Waals surface area contributed by atoms with Crippen LogP contribution in [0.1, 0.15) is 23.7 Å². The lowest BCUT2D eigenvalue weighted by Crippen LogP contribution is -2.34. The molecule has 0 heterocycles. The molecular formula is C13H19N3O4S. The lowest BCUT2D eigenvalue weighted by Gasteiger charge is -2.15. The maximum absolute atomic E-state index is 12.2. The maximum atomic E-state index is 12.2. The highest BCUT2D eigenvalue weighted by atomic mass is 32.2. The van der Waals surface area contributed by atoms with E-state index in [0.29, 0.717) is 17.9 Å². The van der Waals surface area contributed by atoms with Crippen LogP contribution in [-0.2, 0) is 10.8 Å². The molecule has 2 N–H and O–H groups in total. The van der Waals surface area contributed by atoms with Gasteiger partial charge in [-0.15, -0.1) is 0 Å². The Kier molecular flexibility index (Phi) is 6.29. The number of carbonyl (C=O) groups is 1. The second-order valence-electron chi connectivity index (χ2n) is 4.68. The van der Waals surface area contributed by atoms with Crippen molar-refractivity contribution in [3.05, 3.63) is 33.9 Å². The van der Waals surface area contributed by atoms with Gasteiger partial charge in [0.1, 0.15) is 0 Å². The van der Waals surface area contributed by atoms with E-state index in [1.54, 1.807) is 20.2 Å². The van der Waals surface area contributed by atoms with Gasteiger partial charge in [0.05, 0.1) is 10.5 Å². The topological polar surface area (TPSA) is 101 Å². The number of benzene rings is 1. The van der Waals surface area contributed by atoms with Gasteiger partial charge >= 0.3 is 0 Å². The number of carbonyl (C=O) groups excluding carboxylic acids is 1. The summed E-state index contributed by atoms with van der Waals surface area (Å²) in [5, 5.41) is 16.4. The summed E-state index contributed by atoms with van der Waals surface area (Å²) >= 11 is 0. The highest BCUT2D eigenvalue weighted by Gasteiger charge is 2.17. The molecule has 7 nitrogen and oxygen atoms in total. The van der Waals surface area contributed by atoms with Crippen molar-refractivity contribution >= 4 is 28.1 Å². The first-order valence-electron chi connectivity index (χ1n) is 6.42. The van der Waals surface area contributed by atoms with Crippen molar-refractivity contribution in [2.24, 2.45) is 0 Å². The standard InChI is InChI=1S/C13H19N3O4S/c1-9(6-7-21(3)20)15-13(17)11-8-10(16(18)19)4-5-12(11)14-2/h4-5,8-9,14H,6-7H2,1-3H3,(H,15,17). The quantitative estimate of drug-likeness (QED) is 0.587. The molecule has 1 amide bonds. The fourth-order valence-electron chi connectivity index (χ4n) is 1.77. The first-order chi connectivity index (χ1) is 9.85. The van der Waals surface area contributed by atoms with Crippen LogP contribution in [0.25, 0.3) is 0 Å². The molecule has 1 rings (SSSR count). The Bertz CT molecular complexity index is 562. The predicted molar refractivity (Wildman–Crippen MR) is 83.1 cm³/mol. The van der Waals surface area contributed by atoms with Gasteiger partial charge in [-0.3, -0.25) is 19.1 Å². The molecule has 0 radical (unpaired) electrons. The third-order valence-electron chi connectivity index (χ3n) is 2.94. The molecular weight excluding hydrogens is 294 g/mol. The van der Waals surface area contributed by atoms with Crippen molar-refractivity contribution < 1.29 is 13.9 Å². The first-order valence-corrected chi connectivity index (χ1v) is 8.15. The molecule has 0 aromatic heterocycles. The number of amides is 1. The zero-order chi connectivity index (χ0) is 16.0. The molecule has 0 bridgehead atoms. The number of nitro groups is 1. The van der Waals surface area contributed by atoms with Crippen molar-refractivity contribution in [3.8, 4) is 0 Å². The van der Waals surface area contributed by atoms with Gasteiger partial charge in [0.2, 0.25) is 0 Å². The van der Waals surface area contributed by atoms with Gasteiger partial charge in [-0.05, 0) is 19.4 Å². The third kappa shape index (κ3) is 5.14. The fourth-order valence-corrected chi connectivity index (χ4v) is 2.45. The highest BCUT2D eigenvalue weighted by Crippen LogP contribution is 2.21. The second-order valence-corrected chi connectivity index (χ2v) is 6.23. The largest absolute Gasteiger partial charge is 0.387 e. The number of rotatable bonds is 7. The molecule has 2 atom stereocenters. The highest BCUT2D eigenvalue weighted by molar-refractivity contribution is 7.84. The van der Waals surface area contributed by atoms with E-state index >= 15 is 0 Å². The Morgan fingerprint density at radius 3 is 2.67 bits per heavy atom. The third-order valence-corrected chi connectivity index (χ3v) is 3.75. The summed E-state index contributed by atoms with van der Waals surface area (Å²) in [6.07, 6.45) is 2.19. The lowest BCUT2D eigenvalue weighted by molar-refractivity contribution is -0.384. The van der Waals surface area contributed by atoms with E-state index in [9.17, 15) is 19.1 Å². The number of hydrogen-bond donors (Lipinski definition) is 2.